The molecule has 0 N–H and O–H groups in total. The van der Waals surface area contributed by atoms with Crippen LogP contribution in [0.1, 0.15) is 0 Å². The van der Waals surface area contributed by atoms with Gasteiger partial charge in [-0.2, -0.15) is 10.5 Å². The summed E-state index contributed by atoms with van der Waals surface area (Å²) in [7, 11) is 0. The molecule has 0 spiro atoms. The van der Waals surface area contributed by atoms with Crippen molar-refractivity contribution in [2.75, 3.05) is 0 Å². The van der Waals surface area contributed by atoms with Gasteiger partial charge in [0.15, 0.2) is 5.65 Å². The van der Waals surface area contributed by atoms with E-state index in [2.05, 4.69) is 4.98 Å². The van der Waals surface area contributed by atoms with Gasteiger partial charge in [0.2, 0.25) is 0 Å². The first-order valence-electron chi connectivity index (χ1n) is 9.00. The summed E-state index contributed by atoms with van der Waals surface area (Å²) in [6.45, 7) is 0. The van der Waals surface area contributed by atoms with Gasteiger partial charge in [0.05, 0.1) is 21.6 Å². The molecule has 29 heavy (non-hydrogen) atoms. The summed E-state index contributed by atoms with van der Waals surface area (Å²) in [5.41, 5.74) is 3.14. The number of hydrogen-bond donors (Lipinski definition) is 0. The van der Waals surface area contributed by atoms with Crippen molar-refractivity contribution in [3.63, 3.8) is 0 Å². The highest BCUT2D eigenvalue weighted by Gasteiger charge is 2.16. The van der Waals surface area contributed by atoms with Crippen LogP contribution in [0.3, 0.4) is 0 Å². The van der Waals surface area contributed by atoms with Gasteiger partial charge in [0.25, 0.3) is 5.56 Å². The third-order valence-corrected chi connectivity index (χ3v) is 5.09. The van der Waals surface area contributed by atoms with E-state index in [0.717, 1.165) is 11.1 Å². The van der Waals surface area contributed by atoms with E-state index in [-0.39, 0.29) is 11.1 Å². The Morgan fingerprint density at radius 2 is 1.55 bits per heavy atom. The van der Waals surface area contributed by atoms with Gasteiger partial charge in [-0.3, -0.25) is 9.20 Å². The number of para-hydroxylation sites is 1. The number of aromatic nitrogens is 2. The van der Waals surface area contributed by atoms with Crippen LogP contribution in [0.5, 0.6) is 0 Å². The number of fused-ring (bicyclic) bond motifs is 4. The van der Waals surface area contributed by atoms with E-state index >= 15 is 0 Å². The zero-order chi connectivity index (χ0) is 20.0. The Labute approximate surface area is 165 Å². The van der Waals surface area contributed by atoms with E-state index in [1.807, 2.05) is 60.7 Å². The second-order valence-corrected chi connectivity index (χ2v) is 6.66. The van der Waals surface area contributed by atoms with E-state index in [1.54, 1.807) is 24.3 Å². The number of rotatable bonds is 1. The fourth-order valence-corrected chi connectivity index (χ4v) is 3.77. The lowest BCUT2D eigenvalue weighted by Crippen LogP contribution is -2.16. The molecule has 5 aromatic rings. The SMILES string of the molecule is N#CC(C#N)=c1c2cc(-c3ccccc3)ccc2n2c(=O)c3ccccc3nc12. The van der Waals surface area contributed by atoms with Gasteiger partial charge in [-0.15, -0.1) is 0 Å². The van der Waals surface area contributed by atoms with Gasteiger partial charge in [-0.25, -0.2) is 4.98 Å². The summed E-state index contributed by atoms with van der Waals surface area (Å²) >= 11 is 0. The van der Waals surface area contributed by atoms with Crippen molar-refractivity contribution in [1.82, 2.24) is 9.38 Å². The van der Waals surface area contributed by atoms with E-state index in [0.29, 0.717) is 32.7 Å². The molecule has 0 aliphatic carbocycles. The lowest BCUT2D eigenvalue weighted by molar-refractivity contribution is 1.14. The summed E-state index contributed by atoms with van der Waals surface area (Å²) < 4.78 is 1.50. The first-order chi connectivity index (χ1) is 14.2. The van der Waals surface area contributed by atoms with Crippen molar-refractivity contribution in [3.8, 4) is 23.3 Å². The first kappa shape index (κ1) is 16.7. The smallest absolute Gasteiger partial charge is 0.266 e. The molecule has 5 nitrogen and oxygen atoms in total. The normalized spacial score (nSPS) is 10.8. The third kappa shape index (κ3) is 2.39. The molecule has 0 fully saturated rings. The Hall–Kier alpha value is -4.48. The topological polar surface area (TPSA) is 82.0 Å². The summed E-state index contributed by atoms with van der Waals surface area (Å²) in [6.07, 6.45) is 0. The van der Waals surface area contributed by atoms with Gasteiger partial charge >= 0.3 is 0 Å². The zero-order valence-electron chi connectivity index (χ0n) is 15.1. The minimum Gasteiger partial charge on any atom is -0.268 e. The van der Waals surface area contributed by atoms with Gasteiger partial charge in [-0.05, 0) is 35.4 Å². The molecule has 0 amide bonds. The van der Waals surface area contributed by atoms with E-state index in [9.17, 15) is 15.3 Å². The minimum atomic E-state index is -0.218. The molecule has 2 aromatic heterocycles. The van der Waals surface area contributed by atoms with Crippen LogP contribution < -0.4 is 10.8 Å². The van der Waals surface area contributed by atoms with Gasteiger partial charge in [0, 0.05) is 5.39 Å². The number of nitriles is 2. The van der Waals surface area contributed by atoms with Crippen LogP contribution in [0.2, 0.25) is 0 Å². The van der Waals surface area contributed by atoms with Crippen LogP contribution in [0, 0.1) is 22.7 Å². The van der Waals surface area contributed by atoms with Crippen molar-refractivity contribution in [1.29, 1.82) is 10.5 Å². The lowest BCUT2D eigenvalue weighted by atomic mass is 10.0. The van der Waals surface area contributed by atoms with Crippen LogP contribution in [-0.4, -0.2) is 9.38 Å². The summed E-state index contributed by atoms with van der Waals surface area (Å²) in [4.78, 5) is 17.9. The van der Waals surface area contributed by atoms with Crippen molar-refractivity contribution < 1.29 is 0 Å². The van der Waals surface area contributed by atoms with Gasteiger partial charge in [-0.1, -0.05) is 48.5 Å². The van der Waals surface area contributed by atoms with Gasteiger partial charge < -0.3 is 0 Å². The minimum absolute atomic E-state index is 0.0649. The molecule has 3 aromatic carbocycles. The second-order valence-electron chi connectivity index (χ2n) is 6.66. The maximum absolute atomic E-state index is 13.2. The average molecular weight is 372 g/mol. The van der Waals surface area contributed by atoms with Crippen LogP contribution >= 0.6 is 0 Å². The third-order valence-electron chi connectivity index (χ3n) is 5.09. The molecule has 0 saturated heterocycles. The maximum Gasteiger partial charge on any atom is 0.266 e. The van der Waals surface area contributed by atoms with Crippen LogP contribution in [-0.2, 0) is 0 Å². The Morgan fingerprint density at radius 3 is 2.31 bits per heavy atom. The van der Waals surface area contributed by atoms with Crippen LogP contribution in [0.4, 0.5) is 0 Å². The highest BCUT2D eigenvalue weighted by molar-refractivity contribution is 5.97. The standard InChI is InChI=1S/C24H12N4O/c25-13-17(14-26)22-19-12-16(15-6-2-1-3-7-15)10-11-21(19)28-23(22)27-20-9-5-4-8-18(20)24(28)29/h1-12H. The molecule has 0 saturated carbocycles. The number of nitrogens with zero attached hydrogens (tertiary/aromatic N) is 4. The predicted octanol–water partition coefficient (Wildman–Crippen LogP) is 3.58. The molecule has 0 atom stereocenters. The quantitative estimate of drug-likeness (QED) is 0.450. The lowest BCUT2D eigenvalue weighted by Gasteiger charge is -2.02. The zero-order valence-corrected chi connectivity index (χ0v) is 15.1. The fourth-order valence-electron chi connectivity index (χ4n) is 3.77. The monoisotopic (exact) mass is 372 g/mol. The van der Waals surface area contributed by atoms with E-state index in [4.69, 9.17) is 0 Å². The van der Waals surface area contributed by atoms with Crippen LogP contribution in [0.15, 0.2) is 77.6 Å². The van der Waals surface area contributed by atoms with Gasteiger partial charge in [0.1, 0.15) is 17.7 Å². The first-order valence-corrected chi connectivity index (χ1v) is 9.00. The van der Waals surface area contributed by atoms with Crippen molar-refractivity contribution in [2.24, 2.45) is 0 Å². The summed E-state index contributed by atoms with van der Waals surface area (Å²) in [5.74, 6) is 0. The Morgan fingerprint density at radius 1 is 0.828 bits per heavy atom. The molecule has 2 heterocycles. The Balaban J connectivity index is 2.06. The maximum atomic E-state index is 13.2. The van der Waals surface area contributed by atoms with Crippen molar-refractivity contribution in [2.45, 2.75) is 0 Å². The Bertz CT molecular complexity index is 1620. The number of hydrogen-bond acceptors (Lipinski definition) is 4. The molecule has 5 rings (SSSR count). The molecule has 0 radical (unpaired) electrons. The molecular weight excluding hydrogens is 360 g/mol. The summed E-state index contributed by atoms with van der Waals surface area (Å²) in [5, 5.41) is 20.7. The Kier molecular flexibility index (Phi) is 3.62. The molecule has 134 valence electrons. The highest BCUT2D eigenvalue weighted by atomic mass is 16.1. The highest BCUT2D eigenvalue weighted by Crippen LogP contribution is 2.24. The second kappa shape index (κ2) is 6.30. The molecule has 0 aliphatic heterocycles. The largest absolute Gasteiger partial charge is 0.268 e. The van der Waals surface area contributed by atoms with Crippen molar-refractivity contribution in [3.05, 3.63) is 88.4 Å². The molecule has 0 aliphatic rings. The summed E-state index contributed by atoms with van der Waals surface area (Å²) in [6, 6.07) is 26.5. The van der Waals surface area contributed by atoms with Crippen LogP contribution in [0.25, 0.3) is 44.2 Å². The molecule has 5 heteroatoms. The molecular formula is C24H12N4O. The molecule has 0 unspecified atom stereocenters. The van der Waals surface area contributed by atoms with Crippen molar-refractivity contribution >= 4 is 33.0 Å². The van der Waals surface area contributed by atoms with E-state index in [1.165, 1.54) is 4.40 Å². The predicted molar refractivity (Wildman–Crippen MR) is 112 cm³/mol. The fraction of sp³-hybridized carbons (Fsp3) is 0. The average Bonchev–Trinajstić information content (AvgIpc) is 3.09. The number of benzene rings is 3. The molecule has 0 bridgehead atoms. The van der Waals surface area contributed by atoms with E-state index < -0.39 is 0 Å².